The number of imide groups is 1. The average Bonchev–Trinajstić information content (AvgIpc) is 2.99. The number of aromatic hydroxyl groups is 3. The smallest absolute Gasteiger partial charge is 0.261 e. The number of rotatable bonds is 8. The highest BCUT2D eigenvalue weighted by Gasteiger charge is 2.34. The van der Waals surface area contributed by atoms with Crippen molar-refractivity contribution in [3.63, 3.8) is 0 Å². The first-order valence-corrected chi connectivity index (χ1v) is 9.54. The Hall–Kier alpha value is -4.08. The summed E-state index contributed by atoms with van der Waals surface area (Å²) in [5.74, 6) is -3.61. The van der Waals surface area contributed by atoms with Crippen LogP contribution in [-0.2, 0) is 4.79 Å². The van der Waals surface area contributed by atoms with E-state index < -0.39 is 23.2 Å². The quantitative estimate of drug-likeness (QED) is 0.236. The first kappa shape index (κ1) is 21.6. The molecular weight excluding hydrogens is 406 g/mol. The summed E-state index contributed by atoms with van der Waals surface area (Å²) in [6, 6.07) is 8.57. The molecule has 0 unspecified atom stereocenters. The summed E-state index contributed by atoms with van der Waals surface area (Å²) in [6.07, 6.45) is 0.400. The van der Waals surface area contributed by atoms with Crippen LogP contribution < -0.4 is 10.6 Å². The third-order valence-electron chi connectivity index (χ3n) is 4.73. The lowest BCUT2D eigenvalue weighted by atomic mass is 10.1. The predicted octanol–water partition coefficient (Wildman–Crippen LogP) is 0.726. The maximum Gasteiger partial charge on any atom is 0.261 e. The highest BCUT2D eigenvalue weighted by Crippen LogP contribution is 2.35. The summed E-state index contributed by atoms with van der Waals surface area (Å²) in [6.45, 7) is 0.351. The van der Waals surface area contributed by atoms with Gasteiger partial charge in [0.05, 0.1) is 11.1 Å². The van der Waals surface area contributed by atoms with Gasteiger partial charge in [-0.15, -0.1) is 0 Å². The highest BCUT2D eigenvalue weighted by atomic mass is 16.3. The molecule has 31 heavy (non-hydrogen) atoms. The Morgan fingerprint density at radius 3 is 2.00 bits per heavy atom. The Kier molecular flexibility index (Phi) is 6.39. The van der Waals surface area contributed by atoms with Crippen molar-refractivity contribution in [1.82, 2.24) is 15.5 Å². The van der Waals surface area contributed by atoms with Crippen LogP contribution in [0.2, 0.25) is 0 Å². The van der Waals surface area contributed by atoms with Crippen molar-refractivity contribution in [2.45, 2.75) is 12.8 Å². The molecule has 162 valence electrons. The van der Waals surface area contributed by atoms with Crippen LogP contribution in [0.3, 0.4) is 0 Å². The minimum Gasteiger partial charge on any atom is -0.504 e. The Morgan fingerprint density at radius 1 is 0.871 bits per heavy atom. The van der Waals surface area contributed by atoms with E-state index in [1.165, 1.54) is 0 Å². The van der Waals surface area contributed by atoms with Gasteiger partial charge in [-0.05, 0) is 30.7 Å². The van der Waals surface area contributed by atoms with Gasteiger partial charge in [-0.25, -0.2) is 0 Å². The van der Waals surface area contributed by atoms with Gasteiger partial charge in [0.2, 0.25) is 5.91 Å². The first-order valence-electron chi connectivity index (χ1n) is 9.54. The fraction of sp³-hybridized carbons (Fsp3) is 0.238. The van der Waals surface area contributed by atoms with E-state index in [9.17, 15) is 34.5 Å². The molecule has 5 N–H and O–H groups in total. The SMILES string of the molecule is O=C(CCCN1C(=O)c2ccccc2C1=O)NCCNC(=O)c1cc(O)c(O)c(O)c1. The zero-order chi connectivity index (χ0) is 22.5. The first-order chi connectivity index (χ1) is 14.8. The van der Waals surface area contributed by atoms with Crippen molar-refractivity contribution in [1.29, 1.82) is 0 Å². The molecule has 0 radical (unpaired) electrons. The molecule has 0 saturated heterocycles. The normalized spacial score (nSPS) is 12.6. The average molecular weight is 427 g/mol. The molecule has 0 fully saturated rings. The molecule has 1 aliphatic heterocycles. The summed E-state index contributed by atoms with van der Waals surface area (Å²) in [4.78, 5) is 49.6. The molecule has 0 bridgehead atoms. The molecule has 0 aromatic heterocycles. The largest absolute Gasteiger partial charge is 0.504 e. The zero-order valence-corrected chi connectivity index (χ0v) is 16.4. The number of phenols is 3. The summed E-state index contributed by atoms with van der Waals surface area (Å²) in [5.41, 5.74) is 0.672. The van der Waals surface area contributed by atoms with Crippen LogP contribution in [0.4, 0.5) is 0 Å². The number of nitrogens with one attached hydrogen (secondary N) is 2. The summed E-state index contributed by atoms with van der Waals surface area (Å²) < 4.78 is 0. The molecule has 0 spiro atoms. The fourth-order valence-electron chi connectivity index (χ4n) is 3.14. The summed E-state index contributed by atoms with van der Waals surface area (Å²) >= 11 is 0. The van der Waals surface area contributed by atoms with Gasteiger partial charge in [0.1, 0.15) is 0 Å². The predicted molar refractivity (Wildman–Crippen MR) is 108 cm³/mol. The summed E-state index contributed by atoms with van der Waals surface area (Å²) in [7, 11) is 0. The van der Waals surface area contributed by atoms with Crippen molar-refractivity contribution in [3.05, 3.63) is 53.1 Å². The van der Waals surface area contributed by atoms with Crippen molar-refractivity contribution in [3.8, 4) is 17.2 Å². The minimum atomic E-state index is -0.718. The van der Waals surface area contributed by atoms with Gasteiger partial charge >= 0.3 is 0 Å². The van der Waals surface area contributed by atoms with Crippen LogP contribution in [0.5, 0.6) is 17.2 Å². The number of benzene rings is 2. The van der Waals surface area contributed by atoms with Gasteiger partial charge in [-0.3, -0.25) is 24.1 Å². The van der Waals surface area contributed by atoms with E-state index in [2.05, 4.69) is 10.6 Å². The molecular formula is C21H21N3O7. The molecule has 4 amide bonds. The molecule has 2 aromatic carbocycles. The second-order valence-electron chi connectivity index (χ2n) is 6.88. The molecule has 0 atom stereocenters. The number of nitrogens with zero attached hydrogens (tertiary/aromatic N) is 1. The summed E-state index contributed by atoms with van der Waals surface area (Å²) in [5, 5.41) is 33.2. The lowest BCUT2D eigenvalue weighted by Crippen LogP contribution is -2.35. The molecule has 10 heteroatoms. The van der Waals surface area contributed by atoms with E-state index in [0.717, 1.165) is 17.0 Å². The van der Waals surface area contributed by atoms with E-state index in [-0.39, 0.29) is 49.3 Å². The lowest BCUT2D eigenvalue weighted by molar-refractivity contribution is -0.121. The standard InChI is InChI=1S/C21H21N3O7/c25-15-10-12(11-16(26)18(15)28)19(29)23-8-7-22-17(27)6-3-9-24-20(30)13-4-1-2-5-14(13)21(24)31/h1-2,4-5,10-11,25-26,28H,3,6-9H2,(H,22,27)(H,23,29). The number of hydrogen-bond donors (Lipinski definition) is 5. The van der Waals surface area contributed by atoms with Gasteiger partial charge in [-0.1, -0.05) is 12.1 Å². The molecule has 0 saturated carbocycles. The van der Waals surface area contributed by atoms with Gasteiger partial charge in [0.25, 0.3) is 17.7 Å². The molecule has 10 nitrogen and oxygen atoms in total. The van der Waals surface area contributed by atoms with E-state index in [4.69, 9.17) is 0 Å². The van der Waals surface area contributed by atoms with Crippen LogP contribution in [0.25, 0.3) is 0 Å². The Labute approximate surface area is 177 Å². The van der Waals surface area contributed by atoms with Crippen LogP contribution >= 0.6 is 0 Å². The van der Waals surface area contributed by atoms with Crippen molar-refractivity contribution < 1.29 is 34.5 Å². The Bertz CT molecular complexity index is 993. The topological polar surface area (TPSA) is 156 Å². The molecule has 3 rings (SSSR count). The monoisotopic (exact) mass is 427 g/mol. The van der Waals surface area contributed by atoms with E-state index >= 15 is 0 Å². The third-order valence-corrected chi connectivity index (χ3v) is 4.73. The van der Waals surface area contributed by atoms with E-state index in [1.54, 1.807) is 24.3 Å². The number of fused-ring (bicyclic) bond motifs is 1. The van der Waals surface area contributed by atoms with Crippen molar-refractivity contribution in [2.75, 3.05) is 19.6 Å². The van der Waals surface area contributed by atoms with Crippen LogP contribution in [0, 0.1) is 0 Å². The Balaban J connectivity index is 1.36. The third kappa shape index (κ3) is 4.74. The van der Waals surface area contributed by atoms with E-state index in [0.29, 0.717) is 17.5 Å². The second kappa shape index (κ2) is 9.16. The molecule has 2 aromatic rings. The molecule has 1 heterocycles. The van der Waals surface area contributed by atoms with Gasteiger partial charge < -0.3 is 26.0 Å². The fourth-order valence-corrected chi connectivity index (χ4v) is 3.14. The number of carbonyl (C=O) groups excluding carboxylic acids is 4. The molecule has 0 aliphatic carbocycles. The Morgan fingerprint density at radius 2 is 1.42 bits per heavy atom. The highest BCUT2D eigenvalue weighted by molar-refractivity contribution is 6.21. The second-order valence-corrected chi connectivity index (χ2v) is 6.88. The minimum absolute atomic E-state index is 0.0555. The number of hydrogen-bond acceptors (Lipinski definition) is 7. The maximum absolute atomic E-state index is 12.3. The van der Waals surface area contributed by atoms with Gasteiger partial charge in [0.15, 0.2) is 17.2 Å². The number of phenolic OH excluding ortho intramolecular Hbond substituents is 3. The van der Waals surface area contributed by atoms with Gasteiger partial charge in [0, 0.05) is 31.6 Å². The van der Waals surface area contributed by atoms with Crippen molar-refractivity contribution >= 4 is 23.6 Å². The lowest BCUT2D eigenvalue weighted by Gasteiger charge is -2.13. The van der Waals surface area contributed by atoms with Gasteiger partial charge in [-0.2, -0.15) is 0 Å². The maximum atomic E-state index is 12.3. The zero-order valence-electron chi connectivity index (χ0n) is 16.4. The number of amides is 4. The van der Waals surface area contributed by atoms with Crippen molar-refractivity contribution in [2.24, 2.45) is 0 Å². The van der Waals surface area contributed by atoms with Crippen LogP contribution in [0.15, 0.2) is 36.4 Å². The van der Waals surface area contributed by atoms with E-state index in [1.807, 2.05) is 0 Å². The number of carbonyl (C=O) groups is 4. The van der Waals surface area contributed by atoms with Crippen LogP contribution in [0.1, 0.15) is 43.9 Å². The molecule has 1 aliphatic rings. The van der Waals surface area contributed by atoms with Crippen LogP contribution in [-0.4, -0.2) is 63.5 Å².